The SMILES string of the molecule is CC(C)ONc1cc(Cl)nc2c1cnn2[C@@H]1O[C@H](COP(=O)(O)CP(=O)(O)O)[C@@H](O)[C@H]1O. The Hall–Kier alpha value is -1.15. The van der Waals surface area contributed by atoms with Gasteiger partial charge in [0.15, 0.2) is 17.8 Å². The standard InChI is InChI=1S/C15H23ClN4O10P2/c1-7(2)30-19-9-3-11(16)18-14-8(9)4-17-20(14)15-13(22)12(21)10(29-15)5-28-32(26,27)6-31(23,24)25/h3-4,7,10,12-13,15,21-22H,5-6H2,1-2H3,(H,18,19)(H,26,27)(H2,23,24,25)/t10-,12-,13-,15-/m1/s1. The van der Waals surface area contributed by atoms with Crippen LogP contribution in [0.2, 0.25) is 5.15 Å². The van der Waals surface area contributed by atoms with E-state index < -0.39 is 52.2 Å². The molecule has 32 heavy (non-hydrogen) atoms. The van der Waals surface area contributed by atoms with E-state index in [-0.39, 0.29) is 16.9 Å². The smallest absolute Gasteiger partial charge is 0.340 e. The molecule has 0 radical (unpaired) electrons. The maximum atomic E-state index is 11.8. The summed E-state index contributed by atoms with van der Waals surface area (Å²) >= 11 is 6.08. The van der Waals surface area contributed by atoms with Crippen molar-refractivity contribution in [3.8, 4) is 0 Å². The Bertz CT molecular complexity index is 1060. The van der Waals surface area contributed by atoms with Gasteiger partial charge in [-0.2, -0.15) is 5.10 Å². The summed E-state index contributed by atoms with van der Waals surface area (Å²) in [6, 6.07) is 1.51. The molecule has 2 aromatic rings. The first-order valence-corrected chi connectivity index (χ1v) is 13.2. The van der Waals surface area contributed by atoms with Crippen LogP contribution in [0.15, 0.2) is 12.3 Å². The number of nitrogens with one attached hydrogen (secondary N) is 1. The molecule has 0 saturated carbocycles. The molecule has 0 bridgehead atoms. The maximum Gasteiger partial charge on any atom is 0.340 e. The van der Waals surface area contributed by atoms with Crippen LogP contribution in [0.1, 0.15) is 20.1 Å². The molecule has 17 heteroatoms. The number of halogens is 1. The Morgan fingerprint density at radius 1 is 1.28 bits per heavy atom. The zero-order valence-electron chi connectivity index (χ0n) is 16.8. The summed E-state index contributed by atoms with van der Waals surface area (Å²) in [6.45, 7) is 2.91. The number of ether oxygens (including phenoxy) is 1. The first kappa shape index (κ1) is 25.5. The number of hydrogen-bond acceptors (Lipinski definition) is 10. The molecule has 1 aliphatic rings. The van der Waals surface area contributed by atoms with Gasteiger partial charge < -0.3 is 34.2 Å². The van der Waals surface area contributed by atoms with Crippen molar-refractivity contribution in [2.75, 3.05) is 18.0 Å². The van der Waals surface area contributed by atoms with Gasteiger partial charge in [0.05, 0.1) is 30.0 Å². The Kier molecular flexibility index (Phi) is 7.65. The summed E-state index contributed by atoms with van der Waals surface area (Å²) < 4.78 is 34.2. The van der Waals surface area contributed by atoms with Crippen molar-refractivity contribution in [3.63, 3.8) is 0 Å². The van der Waals surface area contributed by atoms with Gasteiger partial charge in [0.2, 0.25) is 0 Å². The van der Waals surface area contributed by atoms with Gasteiger partial charge in [0.1, 0.15) is 23.5 Å². The van der Waals surface area contributed by atoms with Crippen molar-refractivity contribution in [2.45, 2.75) is 44.5 Å². The third-order valence-electron chi connectivity index (χ3n) is 4.32. The molecule has 0 spiro atoms. The number of hydrogen-bond donors (Lipinski definition) is 6. The minimum Gasteiger partial charge on any atom is -0.387 e. The molecule has 3 rings (SSSR count). The zero-order chi connectivity index (χ0) is 23.8. The molecule has 0 aliphatic carbocycles. The van der Waals surface area contributed by atoms with E-state index in [0.717, 1.165) is 0 Å². The number of aliphatic hydroxyl groups excluding tert-OH is 2. The first-order chi connectivity index (χ1) is 14.8. The Morgan fingerprint density at radius 3 is 2.59 bits per heavy atom. The van der Waals surface area contributed by atoms with E-state index in [4.69, 9.17) is 31.0 Å². The highest BCUT2D eigenvalue weighted by atomic mass is 35.5. The largest absolute Gasteiger partial charge is 0.387 e. The molecule has 6 N–H and O–H groups in total. The molecule has 1 saturated heterocycles. The average molecular weight is 517 g/mol. The fraction of sp³-hybridized carbons (Fsp3) is 0.600. The van der Waals surface area contributed by atoms with Crippen LogP contribution in [0.5, 0.6) is 0 Å². The summed E-state index contributed by atoms with van der Waals surface area (Å²) in [5.74, 6) is -1.39. The highest BCUT2D eigenvalue weighted by Crippen LogP contribution is 2.55. The Morgan fingerprint density at radius 2 is 1.97 bits per heavy atom. The van der Waals surface area contributed by atoms with Gasteiger partial charge in [0, 0.05) is 6.07 Å². The lowest BCUT2D eigenvalue weighted by molar-refractivity contribution is -0.0541. The van der Waals surface area contributed by atoms with E-state index in [2.05, 4.69) is 20.1 Å². The van der Waals surface area contributed by atoms with E-state index in [1.165, 1.54) is 16.9 Å². The minimum atomic E-state index is -4.82. The molecule has 14 nitrogen and oxygen atoms in total. The van der Waals surface area contributed by atoms with Crippen LogP contribution in [-0.4, -0.2) is 76.6 Å². The van der Waals surface area contributed by atoms with Crippen LogP contribution in [0.4, 0.5) is 5.69 Å². The predicted molar refractivity (Wildman–Crippen MR) is 111 cm³/mol. The van der Waals surface area contributed by atoms with Crippen LogP contribution >= 0.6 is 26.8 Å². The molecule has 1 unspecified atom stereocenters. The lowest BCUT2D eigenvalue weighted by Gasteiger charge is -2.18. The summed E-state index contributed by atoms with van der Waals surface area (Å²) in [4.78, 5) is 36.8. The quantitative estimate of drug-likeness (QED) is 0.155. The predicted octanol–water partition coefficient (Wildman–Crippen LogP) is 0.793. The summed E-state index contributed by atoms with van der Waals surface area (Å²) in [5.41, 5.74) is 3.39. The van der Waals surface area contributed by atoms with E-state index in [9.17, 15) is 24.2 Å². The minimum absolute atomic E-state index is 0.0840. The van der Waals surface area contributed by atoms with Crippen molar-refractivity contribution < 1.29 is 48.1 Å². The number of pyridine rings is 1. The van der Waals surface area contributed by atoms with Crippen LogP contribution in [0.3, 0.4) is 0 Å². The van der Waals surface area contributed by atoms with E-state index in [0.29, 0.717) is 11.1 Å². The highest BCUT2D eigenvalue weighted by molar-refractivity contribution is 7.70. The Labute approximate surface area is 186 Å². The topological polar surface area (TPSA) is 206 Å². The molecule has 180 valence electrons. The second-order valence-corrected chi connectivity index (χ2v) is 11.8. The monoisotopic (exact) mass is 516 g/mol. The number of aromatic nitrogens is 3. The molecular weight excluding hydrogens is 494 g/mol. The van der Waals surface area contributed by atoms with Gasteiger partial charge in [-0.15, -0.1) is 0 Å². The third kappa shape index (κ3) is 6.04. The van der Waals surface area contributed by atoms with E-state index in [1.54, 1.807) is 0 Å². The molecule has 0 amide bonds. The van der Waals surface area contributed by atoms with E-state index >= 15 is 0 Å². The van der Waals surface area contributed by atoms with Crippen molar-refractivity contribution in [3.05, 3.63) is 17.4 Å². The maximum absolute atomic E-state index is 11.8. The van der Waals surface area contributed by atoms with Gasteiger partial charge in [-0.3, -0.25) is 19.4 Å². The van der Waals surface area contributed by atoms with Crippen LogP contribution < -0.4 is 5.48 Å². The summed E-state index contributed by atoms with van der Waals surface area (Å²) in [5, 5.41) is 25.4. The molecular formula is C15H23ClN4O10P2. The lowest BCUT2D eigenvalue weighted by Crippen LogP contribution is -2.33. The molecule has 0 aromatic carbocycles. The summed E-state index contributed by atoms with van der Waals surface area (Å²) in [7, 11) is -9.49. The number of rotatable bonds is 9. The summed E-state index contributed by atoms with van der Waals surface area (Å²) in [6.07, 6.45) is -4.38. The van der Waals surface area contributed by atoms with Crippen molar-refractivity contribution in [1.82, 2.24) is 14.8 Å². The molecule has 2 aromatic heterocycles. The fourth-order valence-electron chi connectivity index (χ4n) is 2.97. The van der Waals surface area contributed by atoms with Gasteiger partial charge in [-0.1, -0.05) is 11.6 Å². The number of nitrogens with zero attached hydrogens (tertiary/aromatic N) is 3. The number of anilines is 1. The van der Waals surface area contributed by atoms with Crippen LogP contribution in [0.25, 0.3) is 11.0 Å². The van der Waals surface area contributed by atoms with Crippen molar-refractivity contribution >= 4 is 43.5 Å². The average Bonchev–Trinajstić information content (AvgIpc) is 3.18. The molecule has 1 fully saturated rings. The van der Waals surface area contributed by atoms with Gasteiger partial charge in [-0.25, -0.2) is 9.67 Å². The molecule has 5 atom stereocenters. The normalized spacial score (nSPS) is 26.0. The number of fused-ring (bicyclic) bond motifs is 1. The van der Waals surface area contributed by atoms with Crippen molar-refractivity contribution in [2.24, 2.45) is 0 Å². The van der Waals surface area contributed by atoms with Crippen LogP contribution in [0, 0.1) is 0 Å². The van der Waals surface area contributed by atoms with Crippen LogP contribution in [-0.2, 0) is 23.2 Å². The Balaban J connectivity index is 1.80. The van der Waals surface area contributed by atoms with Gasteiger partial charge in [-0.05, 0) is 13.8 Å². The number of aliphatic hydroxyl groups is 2. The lowest BCUT2D eigenvalue weighted by atomic mass is 10.1. The molecule has 3 heterocycles. The van der Waals surface area contributed by atoms with Gasteiger partial charge in [0.25, 0.3) is 0 Å². The van der Waals surface area contributed by atoms with Crippen molar-refractivity contribution in [1.29, 1.82) is 0 Å². The highest BCUT2D eigenvalue weighted by Gasteiger charge is 2.46. The molecule has 1 aliphatic heterocycles. The van der Waals surface area contributed by atoms with Gasteiger partial charge >= 0.3 is 15.2 Å². The van der Waals surface area contributed by atoms with E-state index in [1.807, 2.05) is 13.8 Å². The second kappa shape index (κ2) is 9.61. The second-order valence-electron chi connectivity index (χ2n) is 7.37. The first-order valence-electron chi connectivity index (χ1n) is 9.25. The third-order valence-corrected chi connectivity index (χ3v) is 7.97. The zero-order valence-corrected chi connectivity index (χ0v) is 19.4. The fourth-order valence-corrected chi connectivity index (χ4v) is 5.73.